The van der Waals surface area contributed by atoms with Gasteiger partial charge in [-0.2, -0.15) is 6.42 Å². The molecule has 0 heterocycles. The summed E-state index contributed by atoms with van der Waals surface area (Å²) in [5.41, 5.74) is 0. The zero-order valence-corrected chi connectivity index (χ0v) is 13.7. The van der Waals surface area contributed by atoms with Gasteiger partial charge in [-0.1, -0.05) is 71.1 Å². The molecule has 1 heteroatoms. The average molecular weight is 322 g/mol. The van der Waals surface area contributed by atoms with Crippen LogP contribution in [0.25, 0.3) is 0 Å². The molecule has 0 saturated heterocycles. The first-order valence-electron chi connectivity index (χ1n) is 6.21. The molecule has 0 amide bonds. The summed E-state index contributed by atoms with van der Waals surface area (Å²) in [5.74, 6) is 0. The Balaban J connectivity index is 0. The van der Waals surface area contributed by atoms with Gasteiger partial charge in [0, 0.05) is 35.6 Å². The third kappa shape index (κ3) is 15.7. The Morgan fingerprint density at radius 1 is 0.643 bits per heavy atom. The maximum absolute atomic E-state index is 3.85. The maximum atomic E-state index is 3.85. The normalized spacial score (nSPS) is 9.86. The molecule has 0 rings (SSSR count). The van der Waals surface area contributed by atoms with Gasteiger partial charge in [0.25, 0.3) is 0 Å². The van der Waals surface area contributed by atoms with Crippen LogP contribution in [0.4, 0.5) is 0 Å². The molecular weight excluding hydrogens is 295 g/mol. The molecule has 0 N–H and O–H groups in total. The number of hydrogen-bond acceptors (Lipinski definition) is 0. The van der Waals surface area contributed by atoms with E-state index in [1.165, 1.54) is 64.2 Å². The van der Waals surface area contributed by atoms with Gasteiger partial charge in [0.2, 0.25) is 0 Å². The molecule has 0 atom stereocenters. The fourth-order valence-corrected chi connectivity index (χ4v) is 1.66. The van der Waals surface area contributed by atoms with Gasteiger partial charge in [0.1, 0.15) is 0 Å². The summed E-state index contributed by atoms with van der Waals surface area (Å²) in [4.78, 5) is 0. The Morgan fingerprint density at radius 2 is 1.00 bits per heavy atom. The standard InChI is InChI=1S/C13H27.La/c1-3-5-7-9-11-13-12-10-8-6-4-2;/h1,3-13H2,2H3;/q-1;. The van der Waals surface area contributed by atoms with Crippen molar-refractivity contribution in [3.05, 3.63) is 6.92 Å². The van der Waals surface area contributed by atoms with Gasteiger partial charge in [-0.15, -0.1) is 0 Å². The molecule has 0 fully saturated rings. The molecular formula is C13H27La-. The van der Waals surface area contributed by atoms with Gasteiger partial charge in [-0.25, -0.2) is 0 Å². The fourth-order valence-electron chi connectivity index (χ4n) is 1.66. The van der Waals surface area contributed by atoms with E-state index in [4.69, 9.17) is 0 Å². The minimum atomic E-state index is 0. The molecule has 14 heavy (non-hydrogen) atoms. The first-order chi connectivity index (χ1) is 6.41. The Hall–Kier alpha value is 1.19. The van der Waals surface area contributed by atoms with Crippen LogP contribution in [0.2, 0.25) is 0 Å². The third-order valence-electron chi connectivity index (χ3n) is 2.60. The van der Waals surface area contributed by atoms with Crippen LogP contribution in [0.1, 0.15) is 77.6 Å². The predicted molar refractivity (Wildman–Crippen MR) is 61.8 cm³/mol. The molecule has 0 unspecified atom stereocenters. The third-order valence-corrected chi connectivity index (χ3v) is 2.60. The zero-order chi connectivity index (χ0) is 9.78. The van der Waals surface area contributed by atoms with Crippen molar-refractivity contribution in [1.82, 2.24) is 0 Å². The van der Waals surface area contributed by atoms with E-state index in [0.29, 0.717) is 0 Å². The second-order valence-corrected chi connectivity index (χ2v) is 4.04. The van der Waals surface area contributed by atoms with Crippen molar-refractivity contribution >= 4 is 0 Å². The summed E-state index contributed by atoms with van der Waals surface area (Å²) in [6.07, 6.45) is 15.4. The van der Waals surface area contributed by atoms with Gasteiger partial charge < -0.3 is 6.92 Å². The minimum absolute atomic E-state index is 0. The topological polar surface area (TPSA) is 0 Å². The molecule has 0 aromatic rings. The Bertz CT molecular complexity index is 71.3. The van der Waals surface area contributed by atoms with Crippen LogP contribution in [0.5, 0.6) is 0 Å². The van der Waals surface area contributed by atoms with Crippen molar-refractivity contribution in [2.75, 3.05) is 0 Å². The molecule has 1 radical (unpaired) electrons. The minimum Gasteiger partial charge on any atom is -0.343 e. The van der Waals surface area contributed by atoms with Crippen LogP contribution in [0.3, 0.4) is 0 Å². The summed E-state index contributed by atoms with van der Waals surface area (Å²) in [6, 6.07) is 0. The van der Waals surface area contributed by atoms with Crippen LogP contribution in [0, 0.1) is 42.5 Å². The summed E-state index contributed by atoms with van der Waals surface area (Å²) in [6.45, 7) is 6.13. The van der Waals surface area contributed by atoms with Crippen LogP contribution in [-0.2, 0) is 0 Å². The van der Waals surface area contributed by atoms with Gasteiger partial charge >= 0.3 is 0 Å². The van der Waals surface area contributed by atoms with Crippen LogP contribution in [0.15, 0.2) is 0 Å². The molecule has 0 aliphatic rings. The van der Waals surface area contributed by atoms with Crippen LogP contribution < -0.4 is 0 Å². The van der Waals surface area contributed by atoms with E-state index in [0.717, 1.165) is 6.42 Å². The largest absolute Gasteiger partial charge is 0.343 e. The summed E-state index contributed by atoms with van der Waals surface area (Å²) in [5, 5.41) is 0. The maximum Gasteiger partial charge on any atom is 0 e. The van der Waals surface area contributed by atoms with E-state index in [2.05, 4.69) is 13.8 Å². The smallest absolute Gasteiger partial charge is 0 e. The number of hydrogen-bond donors (Lipinski definition) is 0. The van der Waals surface area contributed by atoms with Gasteiger partial charge in [-0.05, 0) is 0 Å². The van der Waals surface area contributed by atoms with Crippen molar-refractivity contribution < 1.29 is 35.6 Å². The quantitative estimate of drug-likeness (QED) is 0.386. The fraction of sp³-hybridized carbons (Fsp3) is 0.923. The van der Waals surface area contributed by atoms with Gasteiger partial charge in [0.15, 0.2) is 0 Å². The number of rotatable bonds is 10. The second kappa shape index (κ2) is 16.6. The van der Waals surface area contributed by atoms with Crippen molar-refractivity contribution in [2.24, 2.45) is 0 Å². The second-order valence-electron chi connectivity index (χ2n) is 4.04. The summed E-state index contributed by atoms with van der Waals surface area (Å²) in [7, 11) is 0. The molecule has 0 saturated carbocycles. The van der Waals surface area contributed by atoms with E-state index in [1.54, 1.807) is 0 Å². The summed E-state index contributed by atoms with van der Waals surface area (Å²) < 4.78 is 0. The van der Waals surface area contributed by atoms with Crippen molar-refractivity contribution in [3.8, 4) is 0 Å². The first-order valence-corrected chi connectivity index (χ1v) is 6.21. The molecule has 0 aromatic heterocycles. The van der Waals surface area contributed by atoms with E-state index < -0.39 is 0 Å². The van der Waals surface area contributed by atoms with Crippen LogP contribution in [-0.4, -0.2) is 0 Å². The van der Waals surface area contributed by atoms with Crippen LogP contribution >= 0.6 is 0 Å². The monoisotopic (exact) mass is 322 g/mol. The van der Waals surface area contributed by atoms with Crippen molar-refractivity contribution in [1.29, 1.82) is 0 Å². The van der Waals surface area contributed by atoms with Crippen molar-refractivity contribution in [3.63, 3.8) is 0 Å². The Labute approximate surface area is 119 Å². The predicted octanol–water partition coefficient (Wildman–Crippen LogP) is 5.13. The Kier molecular flexibility index (Phi) is 20.9. The SMILES string of the molecule is [CH2-]CCCCCCCCCCCC.[La]. The van der Waals surface area contributed by atoms with Gasteiger partial charge in [0.05, 0.1) is 0 Å². The Morgan fingerprint density at radius 3 is 1.36 bits per heavy atom. The van der Waals surface area contributed by atoms with E-state index in [1.807, 2.05) is 0 Å². The molecule has 0 aromatic carbocycles. The molecule has 0 nitrogen and oxygen atoms in total. The molecule has 0 spiro atoms. The zero-order valence-electron chi connectivity index (χ0n) is 10.1. The van der Waals surface area contributed by atoms with E-state index in [9.17, 15) is 0 Å². The molecule has 0 aliphatic heterocycles. The van der Waals surface area contributed by atoms with E-state index in [-0.39, 0.29) is 35.6 Å². The number of unbranched alkanes of at least 4 members (excludes halogenated alkanes) is 10. The first kappa shape index (κ1) is 17.6. The molecule has 83 valence electrons. The van der Waals surface area contributed by atoms with Gasteiger partial charge in [-0.3, -0.25) is 0 Å². The van der Waals surface area contributed by atoms with Crippen molar-refractivity contribution in [2.45, 2.75) is 77.6 Å². The summed E-state index contributed by atoms with van der Waals surface area (Å²) >= 11 is 0. The molecule has 0 bridgehead atoms. The molecule has 0 aliphatic carbocycles. The average Bonchev–Trinajstić information content (AvgIpc) is 2.16. The van der Waals surface area contributed by atoms with E-state index >= 15 is 0 Å².